The number of nitrogens with two attached hydrogens (primary N) is 1. The molecule has 0 aromatic rings. The Hall–Kier alpha value is 0.0800. The molecule has 0 aliphatic rings. The predicted octanol–water partition coefficient (Wildman–Crippen LogP) is 3.50. The topological polar surface area (TPSA) is 118 Å². The first-order valence-corrected chi connectivity index (χ1v) is 11.1. The maximum atomic E-state index is 9.47. The van der Waals surface area contributed by atoms with Crippen molar-refractivity contribution in [2.75, 3.05) is 0 Å². The summed E-state index contributed by atoms with van der Waals surface area (Å²) in [6.07, 6.45) is 15.8. The molecule has 0 heterocycles. The molecule has 0 radical (unpaired) electrons. The van der Waals surface area contributed by atoms with E-state index in [2.05, 4.69) is 19.2 Å². The van der Waals surface area contributed by atoms with Gasteiger partial charge in [0.2, 0.25) is 5.91 Å². The second kappa shape index (κ2) is 22.1. The molecule has 0 bridgehead atoms. The van der Waals surface area contributed by atoms with Crippen LogP contribution in [0.3, 0.4) is 0 Å². The monoisotopic (exact) mass is 361 g/mol. The predicted molar refractivity (Wildman–Crippen MR) is 96.0 cm³/mol. The van der Waals surface area contributed by atoms with Gasteiger partial charge in [-0.1, -0.05) is 6.58 Å². The molecule has 0 aromatic carbocycles. The van der Waals surface area contributed by atoms with E-state index in [1.165, 1.54) is 95.8 Å². The standard InChI is InChI=1S/C12H25.C3H5NO.Na.H2O4S/c1-3-5-7-9-11-12-10-8-6-4-2;1-2-3(4)5;;1-5(2,3)4/h1,3-12H2,2H3;2H,1H2,(H2,4,5);;(H2,1,2,3,4). The van der Waals surface area contributed by atoms with E-state index in [-0.39, 0.29) is 0 Å². The molecule has 0 saturated heterocycles. The van der Waals surface area contributed by atoms with Crippen LogP contribution in [0.2, 0.25) is 3.67 Å². The molecule has 1 amide bonds. The van der Waals surface area contributed by atoms with Gasteiger partial charge in [0.1, 0.15) is 0 Å². The number of hydrogen-bond donors (Lipinski definition) is 3. The van der Waals surface area contributed by atoms with E-state index >= 15 is 0 Å². The van der Waals surface area contributed by atoms with E-state index in [0.717, 1.165) is 6.08 Å². The van der Waals surface area contributed by atoms with Crippen LogP contribution < -0.4 is 5.73 Å². The number of rotatable bonds is 11. The van der Waals surface area contributed by atoms with E-state index in [4.69, 9.17) is 17.5 Å². The molecule has 0 fully saturated rings. The van der Waals surface area contributed by atoms with Gasteiger partial charge in [-0.3, -0.25) is 13.9 Å². The minimum atomic E-state index is -4.67. The molecule has 4 N–H and O–H groups in total. The summed E-state index contributed by atoms with van der Waals surface area (Å²) in [5, 5.41) is 0. The van der Waals surface area contributed by atoms with Crippen LogP contribution >= 0.6 is 0 Å². The summed E-state index contributed by atoms with van der Waals surface area (Å²) in [4.78, 5) is 9.47. The normalized spacial score (nSPS) is 9.96. The van der Waals surface area contributed by atoms with Gasteiger partial charge in [-0.25, -0.2) is 0 Å². The molecule has 8 heteroatoms. The van der Waals surface area contributed by atoms with E-state index in [1.807, 2.05) is 0 Å². The van der Waals surface area contributed by atoms with Gasteiger partial charge >= 0.3 is 113 Å². The first-order valence-electron chi connectivity index (χ1n) is 8.30. The number of carbonyl (C=O) groups excluding carboxylic acids is 1. The number of primary amides is 1. The minimum absolute atomic E-state index is 0.481. The molecule has 0 aromatic heterocycles. The first kappa shape index (κ1) is 27.9. The number of hydrogen-bond acceptors (Lipinski definition) is 3. The summed E-state index contributed by atoms with van der Waals surface area (Å²) >= 11 is 1.41. The van der Waals surface area contributed by atoms with Gasteiger partial charge in [0.25, 0.3) is 0 Å². The first-order chi connectivity index (χ1) is 10.7. The maximum absolute atomic E-state index is 9.47. The second-order valence-electron chi connectivity index (χ2n) is 5.24. The van der Waals surface area contributed by atoms with E-state index in [1.54, 1.807) is 0 Å². The fourth-order valence-corrected chi connectivity index (χ4v) is 2.24. The summed E-state index contributed by atoms with van der Waals surface area (Å²) in [7, 11) is -4.67. The van der Waals surface area contributed by atoms with Crippen LogP contribution in [0, 0.1) is 0 Å². The third-order valence-electron chi connectivity index (χ3n) is 2.91. The molecule has 0 unspecified atom stereocenters. The van der Waals surface area contributed by atoms with Crippen molar-refractivity contribution >= 4 is 44.2 Å². The van der Waals surface area contributed by atoms with Crippen molar-refractivity contribution in [1.29, 1.82) is 0 Å². The molecule has 0 aliphatic carbocycles. The zero-order valence-electron chi connectivity index (χ0n) is 14.7. The fraction of sp³-hybridized carbons (Fsp3) is 0.800. The minimum Gasteiger partial charge on any atom is -0.264 e. The third-order valence-corrected chi connectivity index (χ3v) is 3.62. The van der Waals surface area contributed by atoms with Crippen molar-refractivity contribution in [2.24, 2.45) is 5.73 Å². The van der Waals surface area contributed by atoms with Crippen LogP contribution in [0.25, 0.3) is 0 Å². The van der Waals surface area contributed by atoms with Crippen molar-refractivity contribution in [2.45, 2.75) is 74.8 Å². The van der Waals surface area contributed by atoms with E-state index in [0.29, 0.717) is 0 Å². The zero-order chi connectivity index (χ0) is 18.6. The summed E-state index contributed by atoms with van der Waals surface area (Å²) in [5.41, 5.74) is 4.53. The largest absolute Gasteiger partial charge is 0.394 e. The van der Waals surface area contributed by atoms with Crippen LogP contribution in [0.5, 0.6) is 0 Å². The van der Waals surface area contributed by atoms with Gasteiger partial charge in [-0.15, -0.1) is 0 Å². The second-order valence-corrected chi connectivity index (χ2v) is 7.13. The van der Waals surface area contributed by atoms with Gasteiger partial charge in [0.15, 0.2) is 0 Å². The van der Waals surface area contributed by atoms with Crippen LogP contribution in [-0.2, 0) is 15.2 Å². The maximum Gasteiger partial charge on any atom is 0.394 e. The van der Waals surface area contributed by atoms with Crippen LogP contribution in [0.15, 0.2) is 12.7 Å². The van der Waals surface area contributed by atoms with Crippen molar-refractivity contribution < 1.29 is 22.3 Å². The Kier molecular flexibility index (Phi) is 26.8. The van der Waals surface area contributed by atoms with Crippen molar-refractivity contribution in [3.63, 3.8) is 0 Å². The van der Waals surface area contributed by atoms with Gasteiger partial charge in [-0.2, -0.15) is 8.42 Å². The van der Waals surface area contributed by atoms with Crippen molar-refractivity contribution in [3.8, 4) is 0 Å². The van der Waals surface area contributed by atoms with Crippen LogP contribution in [0.1, 0.15) is 71.1 Å². The smallest absolute Gasteiger partial charge is 0.264 e. The van der Waals surface area contributed by atoms with E-state index in [9.17, 15) is 4.79 Å². The quantitative estimate of drug-likeness (QED) is 0.225. The molecule has 0 spiro atoms. The van der Waals surface area contributed by atoms with Gasteiger partial charge < -0.3 is 5.73 Å². The molecule has 0 atom stereocenters. The molecule has 6 nitrogen and oxygen atoms in total. The summed E-state index contributed by atoms with van der Waals surface area (Å²) < 4.78 is 33.1. The number of amides is 1. The summed E-state index contributed by atoms with van der Waals surface area (Å²) in [6.45, 7) is 5.37. The third kappa shape index (κ3) is 61.0. The molecule has 134 valence electrons. The number of unbranched alkanes of at least 4 members (excludes halogenated alkanes) is 9. The molecule has 0 rings (SSSR count). The average molecular weight is 361 g/mol. The SMILES string of the molecule is C=CC(N)=O.CCCCCCCCCCC[CH2][Na].O=S(=O)(O)O. The van der Waals surface area contributed by atoms with Crippen molar-refractivity contribution in [1.82, 2.24) is 0 Å². The summed E-state index contributed by atoms with van der Waals surface area (Å²) in [6, 6.07) is 0. The zero-order valence-corrected chi connectivity index (χ0v) is 17.5. The Bertz CT molecular complexity index is 343. The molecular formula is C15H32NNaO5S. The summed E-state index contributed by atoms with van der Waals surface area (Å²) in [5.74, 6) is -0.481. The molecule has 23 heavy (non-hydrogen) atoms. The Balaban J connectivity index is -0.000000329. The Labute approximate surface area is 159 Å². The Morgan fingerprint density at radius 3 is 1.48 bits per heavy atom. The van der Waals surface area contributed by atoms with Crippen LogP contribution in [-0.4, -0.2) is 51.4 Å². The fourth-order valence-electron chi connectivity index (χ4n) is 1.74. The van der Waals surface area contributed by atoms with Gasteiger partial charge in [-0.05, 0) is 6.08 Å². The van der Waals surface area contributed by atoms with Crippen molar-refractivity contribution in [3.05, 3.63) is 12.7 Å². The molecule has 0 saturated carbocycles. The Morgan fingerprint density at radius 2 is 1.26 bits per heavy atom. The average Bonchev–Trinajstić information content (AvgIpc) is 2.44. The molecule has 0 aliphatic heterocycles. The van der Waals surface area contributed by atoms with Gasteiger partial charge in [0, 0.05) is 0 Å². The van der Waals surface area contributed by atoms with Gasteiger partial charge in [0.05, 0.1) is 0 Å². The van der Waals surface area contributed by atoms with E-state index < -0.39 is 16.3 Å². The Morgan fingerprint density at radius 1 is 1.00 bits per heavy atom. The molecular weight excluding hydrogens is 329 g/mol. The number of carbonyl (C=O) groups is 1. The van der Waals surface area contributed by atoms with Crippen LogP contribution in [0.4, 0.5) is 0 Å².